The molecule has 1 aromatic carbocycles. The molecular formula is C16H16FN3O4. The number of aliphatic carboxylic acids is 1. The Kier molecular flexibility index (Phi) is 5.08. The number of aryl methyl sites for hydroxylation is 1. The highest BCUT2D eigenvalue weighted by Crippen LogP contribution is 2.13. The molecule has 0 saturated carbocycles. The van der Waals surface area contributed by atoms with Crippen molar-refractivity contribution in [3.8, 4) is 5.69 Å². The number of aromatic nitrogens is 2. The lowest BCUT2D eigenvalue weighted by molar-refractivity contribution is -0.140. The number of carbonyl (C=O) groups is 2. The van der Waals surface area contributed by atoms with Gasteiger partial charge in [0.15, 0.2) is 5.69 Å². The van der Waals surface area contributed by atoms with Gasteiger partial charge in [-0.25, -0.2) is 9.07 Å². The van der Waals surface area contributed by atoms with Gasteiger partial charge in [0, 0.05) is 18.3 Å². The van der Waals surface area contributed by atoms with E-state index in [-0.39, 0.29) is 12.2 Å². The molecule has 2 rings (SSSR count). The van der Waals surface area contributed by atoms with Crippen molar-refractivity contribution < 1.29 is 19.1 Å². The third kappa shape index (κ3) is 3.65. The van der Waals surface area contributed by atoms with E-state index in [0.29, 0.717) is 5.69 Å². The Labute approximate surface area is 136 Å². The van der Waals surface area contributed by atoms with Crippen molar-refractivity contribution in [2.75, 3.05) is 6.54 Å². The first-order valence-electron chi connectivity index (χ1n) is 7.18. The molecule has 2 N–H and O–H groups in total. The fourth-order valence-corrected chi connectivity index (χ4v) is 1.99. The Bertz CT molecular complexity index is 847. The molecule has 0 aliphatic carbocycles. The second kappa shape index (κ2) is 7.03. The number of para-hydroxylation sites is 1. The number of amides is 1. The summed E-state index contributed by atoms with van der Waals surface area (Å²) in [5, 5.41) is 15.1. The maximum Gasteiger partial charge on any atom is 0.308 e. The summed E-state index contributed by atoms with van der Waals surface area (Å²) >= 11 is 0. The van der Waals surface area contributed by atoms with Gasteiger partial charge in [0.25, 0.3) is 5.91 Å². The molecule has 0 saturated heterocycles. The van der Waals surface area contributed by atoms with E-state index in [1.807, 2.05) is 0 Å². The number of benzene rings is 1. The minimum Gasteiger partial charge on any atom is -0.481 e. The van der Waals surface area contributed by atoms with Crippen molar-refractivity contribution >= 4 is 11.9 Å². The molecule has 126 valence electrons. The largest absolute Gasteiger partial charge is 0.481 e. The Hall–Kier alpha value is -3.03. The van der Waals surface area contributed by atoms with Crippen LogP contribution in [0.4, 0.5) is 4.39 Å². The van der Waals surface area contributed by atoms with Crippen LogP contribution < -0.4 is 10.7 Å². The first-order valence-corrected chi connectivity index (χ1v) is 7.18. The van der Waals surface area contributed by atoms with Crippen LogP contribution in [0, 0.1) is 18.7 Å². The Balaban J connectivity index is 2.37. The van der Waals surface area contributed by atoms with Gasteiger partial charge in [0.05, 0.1) is 5.92 Å². The van der Waals surface area contributed by atoms with Gasteiger partial charge in [-0.1, -0.05) is 19.1 Å². The molecule has 1 atom stereocenters. The van der Waals surface area contributed by atoms with Crippen LogP contribution in [-0.4, -0.2) is 33.3 Å². The Morgan fingerprint density at radius 1 is 1.38 bits per heavy atom. The van der Waals surface area contributed by atoms with E-state index in [0.717, 1.165) is 4.68 Å². The predicted octanol–water partition coefficient (Wildman–Crippen LogP) is 1.13. The molecule has 1 unspecified atom stereocenters. The second-order valence-electron chi connectivity index (χ2n) is 5.31. The Morgan fingerprint density at radius 2 is 2.04 bits per heavy atom. The normalized spacial score (nSPS) is 11.8. The predicted molar refractivity (Wildman–Crippen MR) is 83.7 cm³/mol. The van der Waals surface area contributed by atoms with Crippen LogP contribution in [0.3, 0.4) is 0 Å². The van der Waals surface area contributed by atoms with Crippen LogP contribution in [-0.2, 0) is 4.79 Å². The molecule has 1 amide bonds. The van der Waals surface area contributed by atoms with Gasteiger partial charge in [-0.15, -0.1) is 0 Å². The molecule has 0 radical (unpaired) electrons. The molecule has 0 spiro atoms. The standard InChI is InChI=1S/C16H16FN3O4/c1-9(16(23)24)8-18-15(22)14-13(21)7-10(2)20(19-14)12-6-4-3-5-11(12)17/h3-7,9H,8H2,1-2H3,(H,18,22)(H,23,24). The van der Waals surface area contributed by atoms with Crippen LogP contribution in [0.25, 0.3) is 5.69 Å². The molecule has 24 heavy (non-hydrogen) atoms. The van der Waals surface area contributed by atoms with Gasteiger partial charge in [0.1, 0.15) is 11.5 Å². The molecule has 0 aliphatic heterocycles. The molecule has 8 heteroatoms. The summed E-state index contributed by atoms with van der Waals surface area (Å²) in [4.78, 5) is 34.8. The number of nitrogens with zero attached hydrogens (tertiary/aromatic N) is 2. The molecule has 0 fully saturated rings. The highest BCUT2D eigenvalue weighted by atomic mass is 19.1. The SMILES string of the molecule is Cc1cc(=O)c(C(=O)NCC(C)C(=O)O)nn1-c1ccccc1F. The number of halogens is 1. The van der Waals surface area contributed by atoms with Crippen molar-refractivity contribution in [2.24, 2.45) is 5.92 Å². The lowest BCUT2D eigenvalue weighted by Gasteiger charge is -2.12. The number of hydrogen-bond donors (Lipinski definition) is 2. The summed E-state index contributed by atoms with van der Waals surface area (Å²) in [6.45, 7) is 2.83. The summed E-state index contributed by atoms with van der Waals surface area (Å²) in [7, 11) is 0. The number of carbonyl (C=O) groups excluding carboxylic acids is 1. The van der Waals surface area contributed by atoms with Gasteiger partial charge in [-0.2, -0.15) is 5.10 Å². The van der Waals surface area contributed by atoms with E-state index in [1.54, 1.807) is 13.0 Å². The topological polar surface area (TPSA) is 101 Å². The fourth-order valence-electron chi connectivity index (χ4n) is 1.99. The maximum atomic E-state index is 13.9. The average molecular weight is 333 g/mol. The van der Waals surface area contributed by atoms with Crippen LogP contribution >= 0.6 is 0 Å². The van der Waals surface area contributed by atoms with Crippen LogP contribution in [0.5, 0.6) is 0 Å². The van der Waals surface area contributed by atoms with E-state index in [2.05, 4.69) is 10.4 Å². The van der Waals surface area contributed by atoms with Crippen molar-refractivity contribution in [1.29, 1.82) is 0 Å². The van der Waals surface area contributed by atoms with E-state index in [4.69, 9.17) is 5.11 Å². The minimum absolute atomic E-state index is 0.1000. The van der Waals surface area contributed by atoms with Crippen molar-refractivity contribution in [2.45, 2.75) is 13.8 Å². The molecular weight excluding hydrogens is 317 g/mol. The summed E-state index contributed by atoms with van der Waals surface area (Å²) in [5.74, 6) is -3.25. The number of nitrogens with one attached hydrogen (secondary N) is 1. The molecule has 1 heterocycles. The molecule has 1 aromatic heterocycles. The summed E-state index contributed by atoms with van der Waals surface area (Å²) < 4.78 is 15.1. The Morgan fingerprint density at radius 3 is 2.67 bits per heavy atom. The van der Waals surface area contributed by atoms with Gasteiger partial charge in [0.2, 0.25) is 5.43 Å². The summed E-state index contributed by atoms with van der Waals surface area (Å²) in [6.07, 6.45) is 0. The molecule has 7 nitrogen and oxygen atoms in total. The van der Waals surface area contributed by atoms with E-state index < -0.39 is 34.7 Å². The number of hydrogen-bond acceptors (Lipinski definition) is 4. The second-order valence-corrected chi connectivity index (χ2v) is 5.31. The first kappa shape index (κ1) is 17.3. The first-order chi connectivity index (χ1) is 11.3. The van der Waals surface area contributed by atoms with Crippen molar-refractivity contribution in [1.82, 2.24) is 15.1 Å². The van der Waals surface area contributed by atoms with Crippen LogP contribution in [0.2, 0.25) is 0 Å². The number of carboxylic acid groups (broad SMARTS) is 1. The van der Waals surface area contributed by atoms with Gasteiger partial charge in [-0.05, 0) is 19.1 Å². The lowest BCUT2D eigenvalue weighted by atomic mass is 10.2. The van der Waals surface area contributed by atoms with Crippen molar-refractivity contribution in [3.63, 3.8) is 0 Å². The van der Waals surface area contributed by atoms with Gasteiger partial charge >= 0.3 is 5.97 Å². The monoisotopic (exact) mass is 333 g/mol. The summed E-state index contributed by atoms with van der Waals surface area (Å²) in [5.41, 5.74) is -0.592. The molecule has 0 bridgehead atoms. The number of carboxylic acids is 1. The molecule has 0 aliphatic rings. The van der Waals surface area contributed by atoms with Crippen LogP contribution in [0.1, 0.15) is 23.1 Å². The van der Waals surface area contributed by atoms with Crippen molar-refractivity contribution in [3.05, 3.63) is 57.8 Å². The van der Waals surface area contributed by atoms with Gasteiger partial charge < -0.3 is 10.4 Å². The third-order valence-electron chi connectivity index (χ3n) is 3.39. The highest BCUT2D eigenvalue weighted by molar-refractivity contribution is 5.92. The zero-order valence-electron chi connectivity index (χ0n) is 13.1. The molecule has 2 aromatic rings. The maximum absolute atomic E-state index is 13.9. The quantitative estimate of drug-likeness (QED) is 0.854. The van der Waals surface area contributed by atoms with E-state index in [9.17, 15) is 18.8 Å². The smallest absolute Gasteiger partial charge is 0.308 e. The zero-order chi connectivity index (χ0) is 17.9. The average Bonchev–Trinajstić information content (AvgIpc) is 2.53. The van der Waals surface area contributed by atoms with E-state index >= 15 is 0 Å². The number of rotatable bonds is 5. The lowest BCUT2D eigenvalue weighted by Crippen LogP contribution is -2.36. The fraction of sp³-hybridized carbons (Fsp3) is 0.250. The van der Waals surface area contributed by atoms with Gasteiger partial charge in [-0.3, -0.25) is 14.4 Å². The zero-order valence-corrected chi connectivity index (χ0v) is 13.1. The highest BCUT2D eigenvalue weighted by Gasteiger charge is 2.18. The van der Waals surface area contributed by atoms with E-state index in [1.165, 1.54) is 31.2 Å². The third-order valence-corrected chi connectivity index (χ3v) is 3.39. The summed E-state index contributed by atoms with van der Waals surface area (Å²) in [6, 6.07) is 7.00. The minimum atomic E-state index is -1.07. The van der Waals surface area contributed by atoms with Crippen LogP contribution in [0.15, 0.2) is 35.1 Å².